The van der Waals surface area contributed by atoms with Crippen LogP contribution in [0.1, 0.15) is 36.8 Å². The van der Waals surface area contributed by atoms with Gasteiger partial charge in [0.05, 0.1) is 11.9 Å². The van der Waals surface area contributed by atoms with E-state index in [1.54, 1.807) is 4.68 Å². The number of likely N-dealkylation sites (tertiary alicyclic amines) is 1. The van der Waals surface area contributed by atoms with Gasteiger partial charge in [-0.1, -0.05) is 30.5 Å². The molecule has 2 aromatic heterocycles. The van der Waals surface area contributed by atoms with E-state index in [1.165, 1.54) is 22.7 Å². The van der Waals surface area contributed by atoms with E-state index in [1.807, 2.05) is 30.9 Å². The van der Waals surface area contributed by atoms with Gasteiger partial charge in [0.25, 0.3) is 5.56 Å². The van der Waals surface area contributed by atoms with E-state index < -0.39 is 0 Å². The molecule has 3 aromatic rings. The molecular formula is C21H25N5O2. The van der Waals surface area contributed by atoms with Crippen molar-refractivity contribution in [2.45, 2.75) is 46.1 Å². The predicted molar refractivity (Wildman–Crippen MR) is 108 cm³/mol. The van der Waals surface area contributed by atoms with Gasteiger partial charge in [-0.2, -0.15) is 5.10 Å². The fraction of sp³-hybridized carbons (Fsp3) is 0.429. The normalized spacial score (nSPS) is 15.0. The van der Waals surface area contributed by atoms with E-state index in [0.717, 1.165) is 50.0 Å². The number of fused-ring (bicyclic) bond motifs is 1. The van der Waals surface area contributed by atoms with Crippen LogP contribution in [0.5, 0.6) is 0 Å². The van der Waals surface area contributed by atoms with Crippen molar-refractivity contribution in [2.75, 3.05) is 13.1 Å². The van der Waals surface area contributed by atoms with Crippen molar-refractivity contribution < 1.29 is 4.79 Å². The summed E-state index contributed by atoms with van der Waals surface area (Å²) < 4.78 is 3.08. The molecule has 0 bridgehead atoms. The maximum Gasteiger partial charge on any atom is 0.264 e. The lowest BCUT2D eigenvalue weighted by atomic mass is 10.1. The van der Waals surface area contributed by atoms with Crippen LogP contribution in [0.4, 0.5) is 0 Å². The number of benzene rings is 1. The fourth-order valence-corrected chi connectivity index (χ4v) is 3.85. The van der Waals surface area contributed by atoms with Crippen LogP contribution in [0.2, 0.25) is 0 Å². The molecule has 3 heterocycles. The van der Waals surface area contributed by atoms with Gasteiger partial charge in [-0.15, -0.1) is 0 Å². The molecule has 0 aliphatic carbocycles. The van der Waals surface area contributed by atoms with Gasteiger partial charge < -0.3 is 4.90 Å². The SMILES string of the molecule is Cc1ccc(-n2ncc3c(=O)n(CC(=O)N4CCCCCC4)cnc32)c(C)c1. The van der Waals surface area contributed by atoms with Gasteiger partial charge >= 0.3 is 0 Å². The average molecular weight is 379 g/mol. The van der Waals surface area contributed by atoms with Crippen LogP contribution in [0, 0.1) is 13.8 Å². The fourth-order valence-electron chi connectivity index (χ4n) is 3.85. The molecule has 146 valence electrons. The van der Waals surface area contributed by atoms with E-state index in [-0.39, 0.29) is 18.0 Å². The second-order valence-corrected chi connectivity index (χ2v) is 7.56. The molecule has 0 N–H and O–H groups in total. The molecule has 28 heavy (non-hydrogen) atoms. The van der Waals surface area contributed by atoms with Crippen LogP contribution in [-0.2, 0) is 11.3 Å². The van der Waals surface area contributed by atoms with E-state index in [0.29, 0.717) is 11.0 Å². The molecule has 1 aliphatic rings. The van der Waals surface area contributed by atoms with Crippen LogP contribution >= 0.6 is 0 Å². The van der Waals surface area contributed by atoms with Crippen LogP contribution in [0.25, 0.3) is 16.7 Å². The Balaban J connectivity index is 1.65. The summed E-state index contributed by atoms with van der Waals surface area (Å²) in [5.41, 5.74) is 3.40. The first kappa shape index (κ1) is 18.4. The molecule has 1 amide bonds. The summed E-state index contributed by atoms with van der Waals surface area (Å²) in [6.45, 7) is 5.62. The standard InChI is InChI=1S/C21H25N5O2/c1-15-7-8-18(16(2)11-15)26-20-17(12-23-26)21(28)25(14-22-20)13-19(27)24-9-5-3-4-6-10-24/h7-8,11-12,14H,3-6,9-10,13H2,1-2H3. The number of carbonyl (C=O) groups is 1. The molecular weight excluding hydrogens is 354 g/mol. The van der Waals surface area contributed by atoms with Crippen LogP contribution in [0.15, 0.2) is 35.5 Å². The summed E-state index contributed by atoms with van der Waals surface area (Å²) >= 11 is 0. The molecule has 0 spiro atoms. The van der Waals surface area contributed by atoms with Gasteiger partial charge in [0.15, 0.2) is 5.65 Å². The first-order valence-corrected chi connectivity index (χ1v) is 9.83. The summed E-state index contributed by atoms with van der Waals surface area (Å²) in [5.74, 6) is -0.0214. The third kappa shape index (κ3) is 3.44. The molecule has 7 heteroatoms. The minimum Gasteiger partial charge on any atom is -0.341 e. The Hall–Kier alpha value is -2.96. The Labute approximate surface area is 163 Å². The Bertz CT molecular complexity index is 1070. The van der Waals surface area contributed by atoms with Gasteiger partial charge in [0.1, 0.15) is 18.3 Å². The van der Waals surface area contributed by atoms with Crippen LogP contribution in [-0.4, -0.2) is 43.2 Å². The quantitative estimate of drug-likeness (QED) is 0.701. The number of carbonyl (C=O) groups excluding carboxylic acids is 1. The molecule has 1 saturated heterocycles. The van der Waals surface area contributed by atoms with Gasteiger partial charge in [0.2, 0.25) is 5.91 Å². The molecule has 1 fully saturated rings. The lowest BCUT2D eigenvalue weighted by Crippen LogP contribution is -2.37. The van der Waals surface area contributed by atoms with E-state index in [9.17, 15) is 9.59 Å². The second kappa shape index (κ2) is 7.58. The van der Waals surface area contributed by atoms with Crippen molar-refractivity contribution in [3.05, 3.63) is 52.2 Å². The first-order valence-electron chi connectivity index (χ1n) is 9.83. The summed E-state index contributed by atoms with van der Waals surface area (Å²) in [5, 5.41) is 4.81. The molecule has 0 atom stereocenters. The minimum absolute atomic E-state index is 0.0214. The summed E-state index contributed by atoms with van der Waals surface area (Å²) in [4.78, 5) is 31.8. The molecule has 4 rings (SSSR count). The Kier molecular flexibility index (Phi) is 4.98. The summed E-state index contributed by atoms with van der Waals surface area (Å²) in [6.07, 6.45) is 7.38. The monoisotopic (exact) mass is 379 g/mol. The van der Waals surface area contributed by atoms with Crippen molar-refractivity contribution in [3.63, 3.8) is 0 Å². The largest absolute Gasteiger partial charge is 0.341 e. The van der Waals surface area contributed by atoms with Crippen molar-refractivity contribution >= 4 is 16.9 Å². The van der Waals surface area contributed by atoms with Gasteiger partial charge in [-0.3, -0.25) is 14.2 Å². The summed E-state index contributed by atoms with van der Waals surface area (Å²) in [6, 6.07) is 6.06. The zero-order valence-electron chi connectivity index (χ0n) is 16.4. The molecule has 7 nitrogen and oxygen atoms in total. The third-order valence-electron chi connectivity index (χ3n) is 5.40. The maximum absolute atomic E-state index is 12.9. The molecule has 0 unspecified atom stereocenters. The number of amides is 1. The van der Waals surface area contributed by atoms with Crippen LogP contribution in [0.3, 0.4) is 0 Å². The van der Waals surface area contributed by atoms with Crippen molar-refractivity contribution in [3.8, 4) is 5.69 Å². The molecule has 1 aromatic carbocycles. The van der Waals surface area contributed by atoms with Gasteiger partial charge in [-0.25, -0.2) is 9.67 Å². The third-order valence-corrected chi connectivity index (χ3v) is 5.40. The number of aryl methyl sites for hydroxylation is 2. The predicted octanol–water partition coefficient (Wildman–Crippen LogP) is 2.60. The molecule has 0 radical (unpaired) electrons. The van der Waals surface area contributed by atoms with Crippen LogP contribution < -0.4 is 5.56 Å². The number of hydrogen-bond acceptors (Lipinski definition) is 4. The lowest BCUT2D eigenvalue weighted by molar-refractivity contribution is -0.131. The van der Waals surface area contributed by atoms with E-state index in [2.05, 4.69) is 16.1 Å². The highest BCUT2D eigenvalue weighted by Crippen LogP contribution is 2.18. The van der Waals surface area contributed by atoms with Gasteiger partial charge in [0, 0.05) is 13.1 Å². The van der Waals surface area contributed by atoms with Crippen molar-refractivity contribution in [1.82, 2.24) is 24.2 Å². The zero-order valence-corrected chi connectivity index (χ0v) is 16.4. The maximum atomic E-state index is 12.9. The van der Waals surface area contributed by atoms with Gasteiger partial charge in [-0.05, 0) is 38.3 Å². The number of hydrogen-bond donors (Lipinski definition) is 0. The smallest absolute Gasteiger partial charge is 0.264 e. The van der Waals surface area contributed by atoms with Crippen molar-refractivity contribution in [2.24, 2.45) is 0 Å². The molecule has 0 saturated carbocycles. The first-order chi connectivity index (χ1) is 13.5. The number of aromatic nitrogens is 4. The minimum atomic E-state index is -0.232. The Morgan fingerprint density at radius 1 is 1.11 bits per heavy atom. The highest BCUT2D eigenvalue weighted by atomic mass is 16.2. The Morgan fingerprint density at radius 3 is 2.57 bits per heavy atom. The Morgan fingerprint density at radius 2 is 1.86 bits per heavy atom. The number of rotatable bonds is 3. The second-order valence-electron chi connectivity index (χ2n) is 7.56. The highest BCUT2D eigenvalue weighted by molar-refractivity contribution is 5.78. The van der Waals surface area contributed by atoms with Crippen molar-refractivity contribution in [1.29, 1.82) is 0 Å². The number of nitrogens with zero attached hydrogens (tertiary/aromatic N) is 5. The van der Waals surface area contributed by atoms with E-state index >= 15 is 0 Å². The topological polar surface area (TPSA) is 73.0 Å². The molecule has 1 aliphatic heterocycles. The average Bonchev–Trinajstić information content (AvgIpc) is 2.91. The highest BCUT2D eigenvalue weighted by Gasteiger charge is 2.18. The lowest BCUT2D eigenvalue weighted by Gasteiger charge is -2.20. The van der Waals surface area contributed by atoms with E-state index in [4.69, 9.17) is 0 Å². The zero-order chi connectivity index (χ0) is 19.7. The summed E-state index contributed by atoms with van der Waals surface area (Å²) in [7, 11) is 0.